The first kappa shape index (κ1) is 14.5. The van der Waals surface area contributed by atoms with Crippen LogP contribution in [0.2, 0.25) is 0 Å². The lowest BCUT2D eigenvalue weighted by Gasteiger charge is -2.15. The highest BCUT2D eigenvalue weighted by Crippen LogP contribution is 2.23. The van der Waals surface area contributed by atoms with Crippen LogP contribution in [-0.4, -0.2) is 32.0 Å². The van der Waals surface area contributed by atoms with E-state index in [1.54, 1.807) is 37.3 Å². The molecule has 0 saturated carbocycles. The lowest BCUT2D eigenvalue weighted by molar-refractivity contribution is 0.391. The summed E-state index contributed by atoms with van der Waals surface area (Å²) in [6.07, 6.45) is 0. The quantitative estimate of drug-likeness (QED) is 0.911. The Kier molecular flexibility index (Phi) is 4.10. The number of hydrogen-bond acceptors (Lipinski definition) is 5. The number of nitrogens with zero attached hydrogens (tertiary/aromatic N) is 2. The van der Waals surface area contributed by atoms with Crippen molar-refractivity contribution < 1.29 is 12.9 Å². The molecule has 2 aromatic rings. The Morgan fingerprint density at radius 1 is 1.30 bits per heavy atom. The molecule has 1 aromatic carbocycles. The highest BCUT2D eigenvalue weighted by Gasteiger charge is 2.20. The fourth-order valence-electron chi connectivity index (χ4n) is 1.72. The van der Waals surface area contributed by atoms with Crippen LogP contribution in [0.4, 0.5) is 5.69 Å². The summed E-state index contributed by atoms with van der Waals surface area (Å²) < 4.78 is 30.6. The Bertz CT molecular complexity index is 692. The van der Waals surface area contributed by atoms with Gasteiger partial charge in [0.25, 0.3) is 0 Å². The standard InChI is InChI=1S/C13H17N3O3S/c1-10-8-11(15-19-10)9-14-12-6-4-5-7-13(12)20(17,18)16(2)3/h4-8,14H,9H2,1-3H3. The second-order valence-corrected chi connectivity index (χ2v) is 6.69. The number of anilines is 1. The van der Waals surface area contributed by atoms with Gasteiger partial charge in [0.2, 0.25) is 10.0 Å². The minimum Gasteiger partial charge on any atom is -0.378 e. The molecule has 0 aliphatic carbocycles. The Balaban J connectivity index is 2.25. The number of para-hydroxylation sites is 1. The van der Waals surface area contributed by atoms with Crippen molar-refractivity contribution in [2.24, 2.45) is 0 Å². The molecule has 0 spiro atoms. The molecule has 0 saturated heterocycles. The highest BCUT2D eigenvalue weighted by atomic mass is 32.2. The van der Waals surface area contributed by atoms with E-state index in [9.17, 15) is 8.42 Å². The predicted molar refractivity (Wildman–Crippen MR) is 75.9 cm³/mol. The van der Waals surface area contributed by atoms with E-state index in [-0.39, 0.29) is 4.90 Å². The summed E-state index contributed by atoms with van der Waals surface area (Å²) in [5.41, 5.74) is 1.27. The minimum atomic E-state index is -3.48. The van der Waals surface area contributed by atoms with E-state index in [0.717, 1.165) is 11.5 Å². The van der Waals surface area contributed by atoms with Crippen LogP contribution in [-0.2, 0) is 16.6 Å². The van der Waals surface area contributed by atoms with E-state index < -0.39 is 10.0 Å². The monoisotopic (exact) mass is 295 g/mol. The van der Waals surface area contributed by atoms with Crippen LogP contribution >= 0.6 is 0 Å². The third kappa shape index (κ3) is 3.00. The van der Waals surface area contributed by atoms with E-state index in [1.165, 1.54) is 18.4 Å². The highest BCUT2D eigenvalue weighted by molar-refractivity contribution is 7.89. The fourth-order valence-corrected chi connectivity index (χ4v) is 2.78. The first-order valence-electron chi connectivity index (χ1n) is 6.09. The van der Waals surface area contributed by atoms with Crippen molar-refractivity contribution in [2.45, 2.75) is 18.4 Å². The Hall–Kier alpha value is -1.86. The lowest BCUT2D eigenvalue weighted by Crippen LogP contribution is -2.23. The van der Waals surface area contributed by atoms with Gasteiger partial charge in [-0.15, -0.1) is 0 Å². The van der Waals surface area contributed by atoms with Crippen molar-refractivity contribution in [2.75, 3.05) is 19.4 Å². The van der Waals surface area contributed by atoms with E-state index >= 15 is 0 Å². The lowest BCUT2D eigenvalue weighted by atomic mass is 10.3. The third-order valence-electron chi connectivity index (χ3n) is 2.78. The summed E-state index contributed by atoms with van der Waals surface area (Å²) in [7, 11) is -0.466. The van der Waals surface area contributed by atoms with Gasteiger partial charge in [0.15, 0.2) is 0 Å². The van der Waals surface area contributed by atoms with Crippen LogP contribution in [0, 0.1) is 6.92 Å². The number of aryl methyl sites for hydroxylation is 1. The summed E-state index contributed by atoms with van der Waals surface area (Å²) in [5, 5.41) is 6.94. The van der Waals surface area contributed by atoms with E-state index in [0.29, 0.717) is 12.2 Å². The summed E-state index contributed by atoms with van der Waals surface area (Å²) >= 11 is 0. The molecule has 1 heterocycles. The zero-order chi connectivity index (χ0) is 14.8. The number of rotatable bonds is 5. The molecule has 1 N–H and O–H groups in total. The molecule has 1 aromatic heterocycles. The normalized spacial score (nSPS) is 11.8. The molecule has 0 radical (unpaired) electrons. The molecule has 0 aliphatic rings. The number of sulfonamides is 1. The molecule has 0 unspecified atom stereocenters. The molecular formula is C13H17N3O3S. The summed E-state index contributed by atoms with van der Waals surface area (Å²) in [5.74, 6) is 0.719. The largest absolute Gasteiger partial charge is 0.378 e. The van der Waals surface area contributed by atoms with Gasteiger partial charge >= 0.3 is 0 Å². The second-order valence-electron chi connectivity index (χ2n) is 4.57. The van der Waals surface area contributed by atoms with Crippen molar-refractivity contribution >= 4 is 15.7 Å². The van der Waals surface area contributed by atoms with Gasteiger partial charge in [-0.05, 0) is 19.1 Å². The summed E-state index contributed by atoms with van der Waals surface area (Å²) in [6.45, 7) is 2.21. The average Bonchev–Trinajstić information content (AvgIpc) is 2.82. The Morgan fingerprint density at radius 2 is 2.00 bits per heavy atom. The Morgan fingerprint density at radius 3 is 2.60 bits per heavy atom. The molecule has 7 heteroatoms. The van der Waals surface area contributed by atoms with Gasteiger partial charge in [0, 0.05) is 20.2 Å². The molecule has 0 fully saturated rings. The van der Waals surface area contributed by atoms with Gasteiger partial charge in [0.05, 0.1) is 12.2 Å². The average molecular weight is 295 g/mol. The molecule has 20 heavy (non-hydrogen) atoms. The molecule has 0 amide bonds. The van der Waals surface area contributed by atoms with Crippen LogP contribution < -0.4 is 5.32 Å². The van der Waals surface area contributed by atoms with Crippen molar-refractivity contribution in [1.29, 1.82) is 0 Å². The summed E-state index contributed by atoms with van der Waals surface area (Å²) in [6, 6.07) is 8.58. The van der Waals surface area contributed by atoms with Crippen LogP contribution in [0.25, 0.3) is 0 Å². The number of aromatic nitrogens is 1. The third-order valence-corrected chi connectivity index (χ3v) is 4.66. The predicted octanol–water partition coefficient (Wildman–Crippen LogP) is 1.85. The fraction of sp³-hybridized carbons (Fsp3) is 0.308. The Labute approximate surface area is 118 Å². The smallest absolute Gasteiger partial charge is 0.244 e. The maximum Gasteiger partial charge on any atom is 0.244 e. The second kappa shape index (κ2) is 5.64. The van der Waals surface area contributed by atoms with Gasteiger partial charge in [-0.25, -0.2) is 12.7 Å². The van der Waals surface area contributed by atoms with Gasteiger partial charge in [-0.2, -0.15) is 0 Å². The van der Waals surface area contributed by atoms with Crippen molar-refractivity contribution in [3.8, 4) is 0 Å². The zero-order valence-electron chi connectivity index (χ0n) is 11.6. The molecule has 6 nitrogen and oxygen atoms in total. The number of benzene rings is 1. The van der Waals surface area contributed by atoms with Gasteiger partial charge in [-0.3, -0.25) is 0 Å². The van der Waals surface area contributed by atoms with Gasteiger partial charge in [0.1, 0.15) is 16.3 Å². The van der Waals surface area contributed by atoms with Crippen LogP contribution in [0.5, 0.6) is 0 Å². The maximum atomic E-state index is 12.2. The van der Waals surface area contributed by atoms with E-state index in [4.69, 9.17) is 4.52 Å². The SMILES string of the molecule is Cc1cc(CNc2ccccc2S(=O)(=O)N(C)C)no1. The number of hydrogen-bond donors (Lipinski definition) is 1. The van der Waals surface area contributed by atoms with Crippen molar-refractivity contribution in [1.82, 2.24) is 9.46 Å². The summed E-state index contributed by atoms with van der Waals surface area (Å²) in [4.78, 5) is 0.241. The van der Waals surface area contributed by atoms with Crippen LogP contribution in [0.15, 0.2) is 39.8 Å². The first-order chi connectivity index (χ1) is 9.41. The zero-order valence-corrected chi connectivity index (χ0v) is 12.4. The molecule has 108 valence electrons. The molecule has 2 rings (SSSR count). The topological polar surface area (TPSA) is 75.4 Å². The van der Waals surface area contributed by atoms with E-state index in [2.05, 4.69) is 10.5 Å². The first-order valence-corrected chi connectivity index (χ1v) is 7.53. The van der Waals surface area contributed by atoms with E-state index in [1.807, 2.05) is 0 Å². The number of nitrogens with one attached hydrogen (secondary N) is 1. The molecular weight excluding hydrogens is 278 g/mol. The maximum absolute atomic E-state index is 12.2. The molecule has 0 aliphatic heterocycles. The van der Waals surface area contributed by atoms with Gasteiger partial charge in [-0.1, -0.05) is 17.3 Å². The van der Waals surface area contributed by atoms with Crippen LogP contribution in [0.3, 0.4) is 0 Å². The van der Waals surface area contributed by atoms with Gasteiger partial charge < -0.3 is 9.84 Å². The van der Waals surface area contributed by atoms with Crippen molar-refractivity contribution in [3.63, 3.8) is 0 Å². The molecule has 0 atom stereocenters. The van der Waals surface area contributed by atoms with Crippen LogP contribution in [0.1, 0.15) is 11.5 Å². The molecule has 0 bridgehead atoms. The minimum absolute atomic E-state index is 0.241. The van der Waals surface area contributed by atoms with Crippen molar-refractivity contribution in [3.05, 3.63) is 41.8 Å².